The van der Waals surface area contributed by atoms with Crippen molar-refractivity contribution in [1.82, 2.24) is 0 Å². The Balaban J connectivity index is 1.52. The van der Waals surface area contributed by atoms with Gasteiger partial charge in [-0.05, 0) is 54.8 Å². The molecule has 0 saturated carbocycles. The molecular weight excluding hydrogens is 600 g/mol. The van der Waals surface area contributed by atoms with Gasteiger partial charge in [0.05, 0.1) is 26.4 Å². The van der Waals surface area contributed by atoms with Gasteiger partial charge in [0.1, 0.15) is 36.6 Å². The lowest BCUT2D eigenvalue weighted by Gasteiger charge is -2.46. The molecule has 10 atom stereocenters. The van der Waals surface area contributed by atoms with E-state index in [4.69, 9.17) is 28.4 Å². The highest BCUT2D eigenvalue weighted by atomic mass is 16.7. The van der Waals surface area contributed by atoms with Crippen LogP contribution in [-0.4, -0.2) is 129 Å². The van der Waals surface area contributed by atoms with Crippen molar-refractivity contribution in [3.8, 4) is 23.0 Å². The van der Waals surface area contributed by atoms with Gasteiger partial charge < -0.3 is 69.3 Å². The number of esters is 1. The van der Waals surface area contributed by atoms with Gasteiger partial charge in [0.15, 0.2) is 41.7 Å². The molecule has 2 heterocycles. The SMILES string of the molecule is COc1cc(CCO[C@@H]2O[C@H](CO)[C@@H](OC(=O)/C=C/c3ccc(O)c(O)c3)[C@H](O[C@@H]3O[C@H](C)[C@@H](O)[C@@H](O)[C@H]3O)[C@H]2O)ccc1O. The molecule has 0 aromatic heterocycles. The molecule has 2 fully saturated rings. The molecule has 45 heavy (non-hydrogen) atoms. The third-order valence-corrected chi connectivity index (χ3v) is 7.47. The number of carbonyl (C=O) groups excluding carboxylic acids is 1. The number of hydrogen-bond donors (Lipinski definition) is 8. The number of carbonyl (C=O) groups is 1. The first-order chi connectivity index (χ1) is 21.4. The first kappa shape index (κ1) is 34.4. The van der Waals surface area contributed by atoms with Crippen LogP contribution in [0.1, 0.15) is 18.1 Å². The van der Waals surface area contributed by atoms with E-state index in [1.54, 1.807) is 12.1 Å². The van der Waals surface area contributed by atoms with Gasteiger partial charge in [-0.15, -0.1) is 0 Å². The number of ether oxygens (including phenoxy) is 6. The monoisotopic (exact) mass is 638 g/mol. The number of methoxy groups -OCH3 is 1. The summed E-state index contributed by atoms with van der Waals surface area (Å²) in [7, 11) is 1.40. The van der Waals surface area contributed by atoms with Crippen LogP contribution in [0.3, 0.4) is 0 Å². The molecule has 0 radical (unpaired) electrons. The van der Waals surface area contributed by atoms with E-state index in [1.807, 2.05) is 0 Å². The fraction of sp³-hybridized carbons (Fsp3) is 0.500. The zero-order valence-electron chi connectivity index (χ0n) is 24.4. The summed E-state index contributed by atoms with van der Waals surface area (Å²) >= 11 is 0. The lowest BCUT2D eigenvalue weighted by molar-refractivity contribution is -0.357. The molecule has 0 aliphatic carbocycles. The summed E-state index contributed by atoms with van der Waals surface area (Å²) in [4.78, 5) is 12.8. The van der Waals surface area contributed by atoms with Crippen LogP contribution in [0, 0.1) is 0 Å². The minimum Gasteiger partial charge on any atom is -0.504 e. The quantitative estimate of drug-likeness (QED) is 0.0862. The van der Waals surface area contributed by atoms with Crippen molar-refractivity contribution < 1.29 is 74.1 Å². The minimum atomic E-state index is -1.76. The largest absolute Gasteiger partial charge is 0.504 e. The van der Waals surface area contributed by atoms with Crippen molar-refractivity contribution in [1.29, 1.82) is 0 Å². The molecule has 2 aromatic carbocycles. The molecule has 2 saturated heterocycles. The molecule has 2 aliphatic rings. The Bertz CT molecular complexity index is 1320. The molecule has 15 heteroatoms. The molecule has 0 bridgehead atoms. The molecule has 2 aliphatic heterocycles. The average Bonchev–Trinajstić information content (AvgIpc) is 3.02. The second kappa shape index (κ2) is 15.2. The third-order valence-electron chi connectivity index (χ3n) is 7.47. The van der Waals surface area contributed by atoms with E-state index in [-0.39, 0.29) is 23.9 Å². The van der Waals surface area contributed by atoms with Crippen LogP contribution in [0.15, 0.2) is 42.5 Å². The van der Waals surface area contributed by atoms with Crippen LogP contribution < -0.4 is 4.74 Å². The smallest absolute Gasteiger partial charge is 0.331 e. The van der Waals surface area contributed by atoms with E-state index in [1.165, 1.54) is 44.4 Å². The second-order valence-electron chi connectivity index (χ2n) is 10.6. The average molecular weight is 639 g/mol. The summed E-state index contributed by atoms with van der Waals surface area (Å²) in [5.74, 6) is -1.53. The maximum atomic E-state index is 12.8. The number of hydrogen-bond acceptors (Lipinski definition) is 15. The number of phenolic OH excluding ortho intramolecular Hbond substituents is 3. The number of aromatic hydroxyl groups is 3. The van der Waals surface area contributed by atoms with Crippen molar-refractivity contribution in [3.05, 3.63) is 53.6 Å². The summed E-state index contributed by atoms with van der Waals surface area (Å²) in [6, 6.07) is 8.54. The molecule has 248 valence electrons. The van der Waals surface area contributed by atoms with Crippen LogP contribution in [-0.2, 0) is 34.9 Å². The molecule has 15 nitrogen and oxygen atoms in total. The van der Waals surface area contributed by atoms with Crippen molar-refractivity contribution in [2.75, 3.05) is 20.3 Å². The maximum absolute atomic E-state index is 12.8. The minimum absolute atomic E-state index is 0.0162. The predicted octanol–water partition coefficient (Wildman–Crippen LogP) is -0.713. The summed E-state index contributed by atoms with van der Waals surface area (Å²) in [5.41, 5.74) is 1.07. The molecular formula is C30H38O15. The Hall–Kier alpha value is -3.51. The van der Waals surface area contributed by atoms with Gasteiger partial charge in [-0.3, -0.25) is 0 Å². The standard InChI is InChI=1S/C30H38O15/c1-14-23(36)24(37)25(38)30(42-14)45-28-26(39)29(41-10-9-16-4-7-18(33)20(12-16)40-2)43-21(13-31)27(28)44-22(35)8-5-15-3-6-17(32)19(34)11-15/h3-8,11-12,14,21,23-34,36-39H,9-10,13H2,1-2H3/b8-5+/t14-,21-,23-,24-,25-,26-,27-,28-,29-,30+/m1/s1. The Morgan fingerprint density at radius 3 is 2.29 bits per heavy atom. The summed E-state index contributed by atoms with van der Waals surface area (Å²) in [5, 5.41) is 81.3. The van der Waals surface area contributed by atoms with E-state index < -0.39 is 79.7 Å². The molecule has 0 amide bonds. The van der Waals surface area contributed by atoms with Crippen molar-refractivity contribution in [2.45, 2.75) is 74.8 Å². The Morgan fingerprint density at radius 1 is 0.867 bits per heavy atom. The lowest BCUT2D eigenvalue weighted by atomic mass is 9.97. The fourth-order valence-corrected chi connectivity index (χ4v) is 4.91. The fourth-order valence-electron chi connectivity index (χ4n) is 4.91. The zero-order chi connectivity index (χ0) is 32.8. The maximum Gasteiger partial charge on any atom is 0.331 e. The van der Waals surface area contributed by atoms with Gasteiger partial charge >= 0.3 is 5.97 Å². The number of benzene rings is 2. The predicted molar refractivity (Wildman–Crippen MR) is 152 cm³/mol. The van der Waals surface area contributed by atoms with Crippen LogP contribution in [0.2, 0.25) is 0 Å². The van der Waals surface area contributed by atoms with Gasteiger partial charge in [0.2, 0.25) is 0 Å². The highest BCUT2D eigenvalue weighted by molar-refractivity contribution is 5.87. The summed E-state index contributed by atoms with van der Waals surface area (Å²) in [6.07, 6.45) is -12.3. The Labute approximate surface area is 258 Å². The molecule has 8 N–H and O–H groups in total. The van der Waals surface area contributed by atoms with Crippen molar-refractivity contribution in [3.63, 3.8) is 0 Å². The van der Waals surface area contributed by atoms with Gasteiger partial charge in [0.25, 0.3) is 0 Å². The Kier molecular flexibility index (Phi) is 11.6. The van der Waals surface area contributed by atoms with E-state index in [9.17, 15) is 45.6 Å². The van der Waals surface area contributed by atoms with Crippen LogP contribution in [0.5, 0.6) is 23.0 Å². The lowest BCUT2D eigenvalue weighted by Crippen LogP contribution is -2.65. The van der Waals surface area contributed by atoms with E-state index >= 15 is 0 Å². The van der Waals surface area contributed by atoms with Crippen molar-refractivity contribution >= 4 is 12.0 Å². The highest BCUT2D eigenvalue weighted by Crippen LogP contribution is 2.32. The third kappa shape index (κ3) is 8.21. The molecule has 0 spiro atoms. The van der Waals surface area contributed by atoms with Crippen LogP contribution in [0.4, 0.5) is 0 Å². The van der Waals surface area contributed by atoms with E-state index in [2.05, 4.69) is 0 Å². The highest BCUT2D eigenvalue weighted by Gasteiger charge is 2.52. The molecule has 2 aromatic rings. The zero-order valence-corrected chi connectivity index (χ0v) is 24.4. The van der Waals surface area contributed by atoms with Crippen LogP contribution in [0.25, 0.3) is 6.08 Å². The van der Waals surface area contributed by atoms with Crippen molar-refractivity contribution in [2.24, 2.45) is 0 Å². The molecule has 4 rings (SSSR count). The van der Waals surface area contributed by atoms with E-state index in [0.717, 1.165) is 11.6 Å². The summed E-state index contributed by atoms with van der Waals surface area (Å²) in [6.45, 7) is 0.694. The normalized spacial score (nSPS) is 32.0. The number of rotatable bonds is 11. The van der Waals surface area contributed by atoms with Crippen LogP contribution >= 0.6 is 0 Å². The van der Waals surface area contributed by atoms with E-state index in [0.29, 0.717) is 12.0 Å². The second-order valence-corrected chi connectivity index (χ2v) is 10.6. The van der Waals surface area contributed by atoms with Gasteiger partial charge in [-0.25, -0.2) is 4.79 Å². The Morgan fingerprint density at radius 2 is 1.60 bits per heavy atom. The topological polar surface area (TPSA) is 234 Å². The summed E-state index contributed by atoms with van der Waals surface area (Å²) < 4.78 is 33.5. The number of phenols is 3. The first-order valence-electron chi connectivity index (χ1n) is 14.1. The van der Waals surface area contributed by atoms with Gasteiger partial charge in [-0.2, -0.15) is 0 Å². The van der Waals surface area contributed by atoms with Gasteiger partial charge in [-0.1, -0.05) is 12.1 Å². The number of aliphatic hydroxyl groups excluding tert-OH is 5. The first-order valence-corrected chi connectivity index (χ1v) is 14.1. The molecule has 0 unspecified atom stereocenters. The van der Waals surface area contributed by atoms with Gasteiger partial charge in [0, 0.05) is 6.08 Å². The number of aliphatic hydroxyl groups is 5.